The monoisotopic (exact) mass is 654 g/mol. The number of thioether (sulfide) groups is 1. The Morgan fingerprint density at radius 1 is 0.783 bits per heavy atom. The third kappa shape index (κ3) is 6.16. The molecule has 0 unspecified atom stereocenters. The Morgan fingerprint density at radius 3 is 2.24 bits per heavy atom. The summed E-state index contributed by atoms with van der Waals surface area (Å²) >= 11 is 2.96. The molecule has 0 spiro atoms. The number of nitrogens with zero attached hydrogens (tertiary/aromatic N) is 6. The second-order valence-electron chi connectivity index (χ2n) is 10.9. The van der Waals surface area contributed by atoms with Gasteiger partial charge in [-0.1, -0.05) is 30.0 Å². The summed E-state index contributed by atoms with van der Waals surface area (Å²) in [4.78, 5) is 36.1. The summed E-state index contributed by atoms with van der Waals surface area (Å²) in [6.07, 6.45) is 0. The molecule has 3 aromatic heterocycles. The Bertz CT molecular complexity index is 2000. The molecule has 0 radical (unpaired) electrons. The summed E-state index contributed by atoms with van der Waals surface area (Å²) in [6.45, 7) is 5.49. The summed E-state index contributed by atoms with van der Waals surface area (Å²) < 4.78 is 18.8. The molecule has 14 heteroatoms. The van der Waals surface area contributed by atoms with Gasteiger partial charge in [-0.3, -0.25) is 4.79 Å². The molecule has 6 aromatic rings. The SMILES string of the molecule is O=C(CSc1nc2ccc(Nc3nc(N4CCOCC4)nc(N4CCOCC4)n3)cc2s1)Nc1ccc2c(c1)oc1ccccc12. The highest BCUT2D eigenvalue weighted by molar-refractivity contribution is 8.01. The van der Waals surface area contributed by atoms with Crippen LogP contribution in [0.5, 0.6) is 0 Å². The summed E-state index contributed by atoms with van der Waals surface area (Å²) in [7, 11) is 0. The number of para-hydroxylation sites is 1. The minimum Gasteiger partial charge on any atom is -0.456 e. The number of thiazole rings is 1. The molecule has 0 aliphatic carbocycles. The zero-order chi connectivity index (χ0) is 30.9. The number of ether oxygens (including phenoxy) is 2. The minimum absolute atomic E-state index is 0.107. The lowest BCUT2D eigenvalue weighted by Crippen LogP contribution is -2.40. The van der Waals surface area contributed by atoms with E-state index < -0.39 is 0 Å². The molecule has 0 bridgehead atoms. The third-order valence-corrected chi connectivity index (χ3v) is 9.97. The van der Waals surface area contributed by atoms with Crippen LogP contribution < -0.4 is 20.4 Å². The van der Waals surface area contributed by atoms with E-state index in [1.165, 1.54) is 11.8 Å². The molecule has 0 saturated carbocycles. The molecule has 2 N–H and O–H groups in total. The summed E-state index contributed by atoms with van der Waals surface area (Å²) in [5.41, 5.74) is 3.98. The quantitative estimate of drug-likeness (QED) is 0.200. The fourth-order valence-electron chi connectivity index (χ4n) is 5.52. The number of anilines is 5. The third-order valence-electron chi connectivity index (χ3n) is 7.81. The maximum absolute atomic E-state index is 12.8. The number of fused-ring (bicyclic) bond motifs is 4. The zero-order valence-electron chi connectivity index (χ0n) is 24.8. The number of rotatable bonds is 8. The Labute approximate surface area is 272 Å². The van der Waals surface area contributed by atoms with E-state index in [-0.39, 0.29) is 11.7 Å². The molecule has 0 atom stereocenters. The zero-order valence-corrected chi connectivity index (χ0v) is 26.4. The fourth-order valence-corrected chi connectivity index (χ4v) is 7.43. The Morgan fingerprint density at radius 2 is 1.48 bits per heavy atom. The molecule has 5 heterocycles. The fraction of sp³-hybridized carbons (Fsp3) is 0.281. The van der Waals surface area contributed by atoms with Gasteiger partial charge >= 0.3 is 0 Å². The van der Waals surface area contributed by atoms with Crippen molar-refractivity contribution in [1.82, 2.24) is 19.9 Å². The smallest absolute Gasteiger partial charge is 0.234 e. The molecule has 46 heavy (non-hydrogen) atoms. The van der Waals surface area contributed by atoms with E-state index in [1.54, 1.807) is 11.3 Å². The number of nitrogens with one attached hydrogen (secondary N) is 2. The van der Waals surface area contributed by atoms with Crippen molar-refractivity contribution in [3.63, 3.8) is 0 Å². The normalized spacial score (nSPS) is 15.6. The maximum Gasteiger partial charge on any atom is 0.234 e. The average Bonchev–Trinajstić information content (AvgIpc) is 3.68. The van der Waals surface area contributed by atoms with Crippen molar-refractivity contribution in [3.05, 3.63) is 60.7 Å². The second kappa shape index (κ2) is 12.7. The maximum atomic E-state index is 12.8. The van der Waals surface area contributed by atoms with Crippen molar-refractivity contribution in [3.8, 4) is 0 Å². The van der Waals surface area contributed by atoms with Gasteiger partial charge in [0.1, 0.15) is 11.2 Å². The van der Waals surface area contributed by atoms with Gasteiger partial charge in [-0.15, -0.1) is 11.3 Å². The predicted molar refractivity (Wildman–Crippen MR) is 182 cm³/mol. The van der Waals surface area contributed by atoms with Crippen LogP contribution in [0.3, 0.4) is 0 Å². The van der Waals surface area contributed by atoms with Crippen molar-refractivity contribution < 1.29 is 18.7 Å². The van der Waals surface area contributed by atoms with E-state index in [9.17, 15) is 4.79 Å². The van der Waals surface area contributed by atoms with Gasteiger partial charge in [0.05, 0.1) is 42.4 Å². The molecule has 2 aliphatic heterocycles. The van der Waals surface area contributed by atoms with E-state index in [1.807, 2.05) is 60.7 Å². The number of furan rings is 1. The van der Waals surface area contributed by atoms with Crippen molar-refractivity contribution in [2.45, 2.75) is 4.34 Å². The van der Waals surface area contributed by atoms with Crippen LogP contribution in [0.25, 0.3) is 32.2 Å². The van der Waals surface area contributed by atoms with Crippen LogP contribution >= 0.6 is 23.1 Å². The van der Waals surface area contributed by atoms with E-state index in [0.29, 0.717) is 50.0 Å². The Balaban J connectivity index is 0.948. The van der Waals surface area contributed by atoms with Crippen LogP contribution in [-0.2, 0) is 14.3 Å². The van der Waals surface area contributed by atoms with Gasteiger partial charge in [0.15, 0.2) is 4.34 Å². The van der Waals surface area contributed by atoms with Crippen LogP contribution in [0.2, 0.25) is 0 Å². The van der Waals surface area contributed by atoms with Crippen LogP contribution in [0.15, 0.2) is 69.4 Å². The first-order valence-electron chi connectivity index (χ1n) is 15.1. The van der Waals surface area contributed by atoms with E-state index in [4.69, 9.17) is 33.8 Å². The Hall–Kier alpha value is -4.50. The van der Waals surface area contributed by atoms with E-state index >= 15 is 0 Å². The summed E-state index contributed by atoms with van der Waals surface area (Å²) in [5, 5.41) is 8.45. The van der Waals surface area contributed by atoms with Crippen LogP contribution in [0.4, 0.5) is 29.2 Å². The van der Waals surface area contributed by atoms with Crippen LogP contribution in [-0.4, -0.2) is 84.2 Å². The molecule has 2 fully saturated rings. The molecule has 2 saturated heterocycles. The first-order chi connectivity index (χ1) is 22.6. The van der Waals surface area contributed by atoms with Crippen molar-refractivity contribution in [2.75, 3.05) is 78.8 Å². The molecule has 8 rings (SSSR count). The van der Waals surface area contributed by atoms with E-state index in [0.717, 1.165) is 68.4 Å². The van der Waals surface area contributed by atoms with Gasteiger partial charge < -0.3 is 34.3 Å². The number of amides is 1. The van der Waals surface area contributed by atoms with Gasteiger partial charge in [0.2, 0.25) is 23.8 Å². The topological polar surface area (TPSA) is 131 Å². The van der Waals surface area contributed by atoms with Crippen molar-refractivity contribution in [2.24, 2.45) is 0 Å². The number of carbonyl (C=O) groups is 1. The highest BCUT2D eigenvalue weighted by Gasteiger charge is 2.21. The highest BCUT2D eigenvalue weighted by Crippen LogP contribution is 2.33. The molecular weight excluding hydrogens is 625 g/mol. The summed E-state index contributed by atoms with van der Waals surface area (Å²) in [5.74, 6) is 1.88. The number of hydrogen-bond donors (Lipinski definition) is 2. The van der Waals surface area contributed by atoms with E-state index in [2.05, 4.69) is 20.4 Å². The standard InChI is InChI=1S/C32H30N8O4S2/c41-28(33-20-5-7-23-22-3-1-2-4-25(22)44-26(23)17-20)19-45-32-35-24-8-6-21(18-27(24)46-32)34-29-36-30(39-9-13-42-14-10-39)38-31(37-29)40-11-15-43-16-12-40/h1-8,17-18H,9-16,19H2,(H,33,41)(H,34,36,37,38). The molecule has 2 aliphatic rings. The first kappa shape index (κ1) is 28.9. The molecular formula is C32H30N8O4S2. The second-order valence-corrected chi connectivity index (χ2v) is 13.1. The molecule has 234 valence electrons. The molecule has 12 nitrogen and oxygen atoms in total. The van der Waals surface area contributed by atoms with Crippen molar-refractivity contribution >= 4 is 90.4 Å². The highest BCUT2D eigenvalue weighted by atomic mass is 32.2. The van der Waals surface area contributed by atoms with Gasteiger partial charge in [-0.25, -0.2) is 4.98 Å². The minimum atomic E-state index is -0.107. The van der Waals surface area contributed by atoms with Gasteiger partial charge in [0.25, 0.3) is 0 Å². The average molecular weight is 655 g/mol. The Kier molecular flexibility index (Phi) is 8.00. The molecule has 1 amide bonds. The van der Waals surface area contributed by atoms with Gasteiger partial charge in [0, 0.05) is 54.4 Å². The number of aromatic nitrogens is 4. The predicted octanol–water partition coefficient (Wildman–Crippen LogP) is 5.53. The lowest BCUT2D eigenvalue weighted by Gasteiger charge is -2.30. The van der Waals surface area contributed by atoms with Gasteiger partial charge in [-0.05, 0) is 36.4 Å². The number of hydrogen-bond acceptors (Lipinski definition) is 13. The largest absolute Gasteiger partial charge is 0.456 e. The van der Waals surface area contributed by atoms with Gasteiger partial charge in [-0.2, -0.15) is 15.0 Å². The molecule has 3 aromatic carbocycles. The van der Waals surface area contributed by atoms with Crippen molar-refractivity contribution in [1.29, 1.82) is 0 Å². The number of benzene rings is 3. The summed E-state index contributed by atoms with van der Waals surface area (Å²) in [6, 6.07) is 19.6. The lowest BCUT2D eigenvalue weighted by atomic mass is 10.1. The first-order valence-corrected chi connectivity index (χ1v) is 16.9. The van der Waals surface area contributed by atoms with Crippen LogP contribution in [0.1, 0.15) is 0 Å². The van der Waals surface area contributed by atoms with Crippen LogP contribution in [0, 0.1) is 0 Å². The lowest BCUT2D eigenvalue weighted by molar-refractivity contribution is -0.113. The number of carbonyl (C=O) groups excluding carboxylic acids is 1. The number of morpholine rings is 2.